The van der Waals surface area contributed by atoms with E-state index in [1.54, 1.807) is 41.3 Å². The van der Waals surface area contributed by atoms with Gasteiger partial charge in [0, 0.05) is 43.8 Å². The van der Waals surface area contributed by atoms with Crippen molar-refractivity contribution in [2.45, 2.75) is 56.9 Å². The Balaban J connectivity index is 1.32. The summed E-state index contributed by atoms with van der Waals surface area (Å²) in [5, 5.41) is 18.1. The van der Waals surface area contributed by atoms with E-state index in [0.717, 1.165) is 42.0 Å². The highest BCUT2D eigenvalue weighted by molar-refractivity contribution is 7.92. The van der Waals surface area contributed by atoms with Crippen LogP contribution in [0.25, 0.3) is 16.9 Å². The van der Waals surface area contributed by atoms with E-state index >= 15 is 0 Å². The smallest absolute Gasteiger partial charge is 0.267 e. The number of alkyl halides is 2. The van der Waals surface area contributed by atoms with Crippen LogP contribution in [0.15, 0.2) is 47.5 Å². The van der Waals surface area contributed by atoms with Gasteiger partial charge in [-0.2, -0.15) is 10.2 Å². The van der Waals surface area contributed by atoms with Crippen molar-refractivity contribution >= 4 is 21.4 Å². The number of piperidine rings is 1. The zero-order chi connectivity index (χ0) is 28.1. The van der Waals surface area contributed by atoms with Gasteiger partial charge in [-0.1, -0.05) is 0 Å². The Bertz CT molecular complexity index is 1570. The fourth-order valence-corrected chi connectivity index (χ4v) is 6.67. The molecule has 2 aromatic heterocycles. The van der Waals surface area contributed by atoms with Crippen LogP contribution in [0.2, 0.25) is 0 Å². The van der Waals surface area contributed by atoms with E-state index in [-0.39, 0.29) is 12.8 Å². The maximum Gasteiger partial charge on any atom is 0.267 e. The first kappa shape index (κ1) is 26.9. The van der Waals surface area contributed by atoms with Crippen molar-refractivity contribution in [1.29, 1.82) is 0 Å². The number of hydrogen-bond acceptors (Lipinski definition) is 7. The summed E-state index contributed by atoms with van der Waals surface area (Å²) in [5.74, 6) is -3.19. The molecule has 1 spiro atoms. The van der Waals surface area contributed by atoms with E-state index in [4.69, 9.17) is 5.11 Å². The van der Waals surface area contributed by atoms with Gasteiger partial charge in [-0.05, 0) is 61.8 Å². The van der Waals surface area contributed by atoms with Crippen LogP contribution in [0.5, 0.6) is 0 Å². The molecule has 1 unspecified atom stereocenters. The van der Waals surface area contributed by atoms with E-state index < -0.39 is 46.3 Å². The molecule has 1 aliphatic heterocycles. The maximum atomic E-state index is 13.8. The largest absolute Gasteiger partial charge is 0.395 e. The minimum atomic E-state index is -3.70. The van der Waals surface area contributed by atoms with Crippen molar-refractivity contribution in [3.05, 3.63) is 53.1 Å². The van der Waals surface area contributed by atoms with Gasteiger partial charge in [0.1, 0.15) is 0 Å². The second-order valence-corrected chi connectivity index (χ2v) is 13.1. The Kier molecular flexibility index (Phi) is 6.68. The summed E-state index contributed by atoms with van der Waals surface area (Å²) in [6.45, 7) is 1.20. The van der Waals surface area contributed by atoms with E-state index in [1.807, 2.05) is 0 Å². The van der Waals surface area contributed by atoms with Crippen molar-refractivity contribution < 1.29 is 22.3 Å². The van der Waals surface area contributed by atoms with Crippen LogP contribution in [0.1, 0.15) is 51.0 Å². The third kappa shape index (κ3) is 5.49. The molecule has 10 nitrogen and oxygen atoms in total. The first-order chi connectivity index (χ1) is 19.1. The molecule has 40 heavy (non-hydrogen) atoms. The number of hydrogen-bond donors (Lipinski definition) is 2. The van der Waals surface area contributed by atoms with Crippen LogP contribution in [-0.4, -0.2) is 64.5 Å². The average Bonchev–Trinajstić information content (AvgIpc) is 3.30. The number of sulfonamides is 1. The van der Waals surface area contributed by atoms with Gasteiger partial charge < -0.3 is 10.0 Å². The van der Waals surface area contributed by atoms with Gasteiger partial charge in [-0.15, -0.1) is 0 Å². The number of aromatic nitrogens is 4. The molecule has 0 radical (unpaired) electrons. The number of nitrogens with one attached hydrogen (secondary N) is 1. The van der Waals surface area contributed by atoms with Gasteiger partial charge in [-0.25, -0.2) is 26.6 Å². The van der Waals surface area contributed by atoms with E-state index in [9.17, 15) is 22.0 Å². The highest BCUT2D eigenvalue weighted by atomic mass is 32.2. The average molecular weight is 575 g/mol. The highest BCUT2D eigenvalue weighted by Crippen LogP contribution is 2.54. The van der Waals surface area contributed by atoms with Crippen molar-refractivity contribution in [3.63, 3.8) is 0 Å². The normalized spacial score (nSPS) is 21.6. The Labute approximate surface area is 230 Å². The van der Waals surface area contributed by atoms with Gasteiger partial charge in [0.25, 0.3) is 5.56 Å². The van der Waals surface area contributed by atoms with Crippen molar-refractivity contribution in [3.8, 4) is 16.9 Å². The zero-order valence-corrected chi connectivity index (χ0v) is 22.8. The zero-order valence-electron chi connectivity index (χ0n) is 22.0. The van der Waals surface area contributed by atoms with Gasteiger partial charge >= 0.3 is 0 Å². The molecule has 6 rings (SSSR count). The van der Waals surface area contributed by atoms with Crippen LogP contribution in [0.4, 0.5) is 20.2 Å². The molecule has 3 aliphatic rings. The summed E-state index contributed by atoms with van der Waals surface area (Å²) in [4.78, 5) is 14.7. The molecule has 214 valence electrons. The molecule has 3 fully saturated rings. The molecular weight excluding hydrogens is 542 g/mol. The second kappa shape index (κ2) is 9.95. The Hall–Kier alpha value is -3.32. The quantitative estimate of drug-likeness (QED) is 0.422. The number of aliphatic hydroxyl groups is 1. The summed E-state index contributed by atoms with van der Waals surface area (Å²) in [6.07, 6.45) is 7.55. The molecule has 0 amide bonds. The Morgan fingerprint density at radius 2 is 1.82 bits per heavy atom. The second-order valence-electron chi connectivity index (χ2n) is 11.3. The Morgan fingerprint density at radius 1 is 1.05 bits per heavy atom. The third-order valence-electron chi connectivity index (χ3n) is 8.40. The van der Waals surface area contributed by atoms with Crippen LogP contribution in [-0.2, 0) is 10.0 Å². The number of anilines is 2. The lowest BCUT2D eigenvalue weighted by molar-refractivity contribution is 0.00501. The fourth-order valence-electron chi connectivity index (χ4n) is 5.85. The summed E-state index contributed by atoms with van der Waals surface area (Å²) < 4.78 is 57.6. The molecule has 1 atom stereocenters. The topological polar surface area (TPSA) is 122 Å². The number of benzene rings is 1. The van der Waals surface area contributed by atoms with Crippen molar-refractivity contribution in [2.75, 3.05) is 35.1 Å². The van der Waals surface area contributed by atoms with Crippen LogP contribution in [0.3, 0.4) is 0 Å². The van der Waals surface area contributed by atoms with Crippen molar-refractivity contribution in [2.24, 2.45) is 5.41 Å². The van der Waals surface area contributed by atoms with Crippen LogP contribution < -0.4 is 15.2 Å². The maximum absolute atomic E-state index is 13.8. The standard InChI is InChI=1S/C27H32F2N6O4S/c28-27(29)6-5-21(16-27)35-25(37)4-2-22(31-35)19-17-30-34(18-19)23-3-1-20(32-40(38,39)14-13-36)15-24(23)33-11-9-26(7-8-26)10-12-33/h1-4,15,17-18,21,32,36H,5-14,16H2. The molecular formula is C27H32F2N6O4S. The van der Waals surface area contributed by atoms with Crippen molar-refractivity contribution in [1.82, 2.24) is 19.6 Å². The first-order valence-corrected chi connectivity index (χ1v) is 15.2. The summed E-state index contributed by atoms with van der Waals surface area (Å²) in [7, 11) is -3.70. The van der Waals surface area contributed by atoms with Gasteiger partial charge in [0.2, 0.25) is 15.9 Å². The monoisotopic (exact) mass is 574 g/mol. The predicted molar refractivity (Wildman–Crippen MR) is 146 cm³/mol. The highest BCUT2D eigenvalue weighted by Gasteiger charge is 2.44. The molecule has 13 heteroatoms. The van der Waals surface area contributed by atoms with E-state index in [1.165, 1.54) is 18.9 Å². The number of aliphatic hydroxyl groups excluding tert-OH is 1. The molecule has 1 aromatic carbocycles. The number of nitrogens with zero attached hydrogens (tertiary/aromatic N) is 5. The lowest BCUT2D eigenvalue weighted by Gasteiger charge is -2.35. The molecule has 2 saturated carbocycles. The molecule has 3 aromatic rings. The minimum Gasteiger partial charge on any atom is -0.395 e. The molecule has 3 heterocycles. The van der Waals surface area contributed by atoms with E-state index in [0.29, 0.717) is 22.4 Å². The molecule has 0 bridgehead atoms. The molecule has 2 N–H and O–H groups in total. The molecule has 2 aliphatic carbocycles. The summed E-state index contributed by atoms with van der Waals surface area (Å²) in [6, 6.07) is 7.48. The third-order valence-corrected chi connectivity index (χ3v) is 9.67. The predicted octanol–water partition coefficient (Wildman–Crippen LogP) is 3.57. The lowest BCUT2D eigenvalue weighted by atomic mass is 9.93. The van der Waals surface area contributed by atoms with Crippen LogP contribution in [0, 0.1) is 5.41 Å². The number of rotatable bonds is 8. The fraction of sp³-hybridized carbons (Fsp3) is 0.519. The first-order valence-electron chi connectivity index (χ1n) is 13.6. The SMILES string of the molecule is O=c1ccc(-c2cnn(-c3ccc(NS(=O)(=O)CCO)cc3N3CCC4(CC3)CC4)c2)nn1C1CCC(F)(F)C1. The van der Waals surface area contributed by atoms with Crippen LogP contribution >= 0.6 is 0 Å². The van der Waals surface area contributed by atoms with Gasteiger partial charge in [-0.3, -0.25) is 9.52 Å². The Morgan fingerprint density at radius 3 is 2.50 bits per heavy atom. The number of halogens is 2. The molecule has 1 saturated heterocycles. The van der Waals surface area contributed by atoms with Gasteiger partial charge in [0.15, 0.2) is 0 Å². The summed E-state index contributed by atoms with van der Waals surface area (Å²) in [5.41, 5.74) is 3.06. The lowest BCUT2D eigenvalue weighted by Crippen LogP contribution is -2.35. The summed E-state index contributed by atoms with van der Waals surface area (Å²) >= 11 is 0. The van der Waals surface area contributed by atoms with Gasteiger partial charge in [0.05, 0.1) is 47.4 Å². The van der Waals surface area contributed by atoms with E-state index in [2.05, 4.69) is 19.8 Å². The minimum absolute atomic E-state index is 0.192.